The lowest BCUT2D eigenvalue weighted by molar-refractivity contribution is 0.473. The van der Waals surface area contributed by atoms with Crippen LogP contribution < -0.4 is 0 Å². The Morgan fingerprint density at radius 2 is 2.25 bits per heavy atom. The highest BCUT2D eigenvalue weighted by Gasteiger charge is 2.14. The molecule has 0 saturated heterocycles. The van der Waals surface area contributed by atoms with Crippen LogP contribution in [0.15, 0.2) is 18.7 Å². The maximum atomic E-state index is 3.99. The van der Waals surface area contributed by atoms with Crippen LogP contribution in [0, 0.1) is 11.8 Å². The summed E-state index contributed by atoms with van der Waals surface area (Å²) in [7, 11) is 0. The summed E-state index contributed by atoms with van der Waals surface area (Å²) in [6.07, 6.45) is 6.40. The number of hydrogen-bond donors (Lipinski definition) is 0. The van der Waals surface area contributed by atoms with Crippen molar-refractivity contribution in [2.75, 3.05) is 0 Å². The fourth-order valence-electron chi connectivity index (χ4n) is 0.959. The SMILES string of the molecule is CCC#CC(C)(C)n1ccnc1. The summed E-state index contributed by atoms with van der Waals surface area (Å²) in [5, 5.41) is 0. The molecule has 0 atom stereocenters. The van der Waals surface area contributed by atoms with Crippen LogP contribution in [0.3, 0.4) is 0 Å². The van der Waals surface area contributed by atoms with E-state index >= 15 is 0 Å². The molecule has 0 N–H and O–H groups in total. The van der Waals surface area contributed by atoms with Crippen molar-refractivity contribution < 1.29 is 0 Å². The van der Waals surface area contributed by atoms with Gasteiger partial charge in [-0.25, -0.2) is 4.98 Å². The third-order valence-electron chi connectivity index (χ3n) is 1.72. The Balaban J connectivity index is 2.86. The molecule has 1 rings (SSSR count). The van der Waals surface area contributed by atoms with E-state index < -0.39 is 0 Å². The number of nitrogens with zero attached hydrogens (tertiary/aromatic N) is 2. The Kier molecular flexibility index (Phi) is 2.54. The number of rotatable bonds is 1. The third-order valence-corrected chi connectivity index (χ3v) is 1.72. The van der Waals surface area contributed by atoms with Crippen LogP contribution in [0.25, 0.3) is 0 Å². The molecule has 0 saturated carbocycles. The summed E-state index contributed by atoms with van der Waals surface area (Å²) in [6, 6.07) is 0. The molecule has 0 bridgehead atoms. The van der Waals surface area contributed by atoms with E-state index in [1.54, 1.807) is 12.5 Å². The summed E-state index contributed by atoms with van der Waals surface area (Å²) in [5.41, 5.74) is -0.132. The molecule has 0 spiro atoms. The lowest BCUT2D eigenvalue weighted by atomic mass is 10.1. The monoisotopic (exact) mass is 162 g/mol. The second-order valence-electron chi connectivity index (χ2n) is 3.18. The zero-order valence-corrected chi connectivity index (χ0v) is 7.83. The second-order valence-corrected chi connectivity index (χ2v) is 3.18. The summed E-state index contributed by atoms with van der Waals surface area (Å²) < 4.78 is 2.01. The number of hydrogen-bond acceptors (Lipinski definition) is 1. The van der Waals surface area contributed by atoms with Gasteiger partial charge in [0.05, 0.1) is 6.33 Å². The van der Waals surface area contributed by atoms with E-state index in [0.717, 1.165) is 6.42 Å². The summed E-state index contributed by atoms with van der Waals surface area (Å²) in [6.45, 7) is 6.21. The van der Waals surface area contributed by atoms with Gasteiger partial charge in [-0.3, -0.25) is 0 Å². The van der Waals surface area contributed by atoms with Crippen molar-refractivity contribution >= 4 is 0 Å². The van der Waals surface area contributed by atoms with Crippen LogP contribution >= 0.6 is 0 Å². The largest absolute Gasteiger partial charge is 0.321 e. The van der Waals surface area contributed by atoms with E-state index in [2.05, 4.69) is 37.6 Å². The van der Waals surface area contributed by atoms with Crippen molar-refractivity contribution in [3.63, 3.8) is 0 Å². The van der Waals surface area contributed by atoms with Gasteiger partial charge in [-0.1, -0.05) is 12.8 Å². The van der Waals surface area contributed by atoms with Gasteiger partial charge >= 0.3 is 0 Å². The maximum Gasteiger partial charge on any atom is 0.101 e. The Bertz CT molecular complexity index is 285. The van der Waals surface area contributed by atoms with E-state index in [-0.39, 0.29) is 5.54 Å². The molecule has 64 valence electrons. The van der Waals surface area contributed by atoms with Crippen LogP contribution in [0.1, 0.15) is 27.2 Å². The molecular formula is C10H14N2. The Morgan fingerprint density at radius 3 is 2.75 bits per heavy atom. The van der Waals surface area contributed by atoms with Crippen LogP contribution in [-0.2, 0) is 5.54 Å². The van der Waals surface area contributed by atoms with Crippen LogP contribution in [0.5, 0.6) is 0 Å². The fraction of sp³-hybridized carbons (Fsp3) is 0.500. The first-order chi connectivity index (χ1) is 5.67. The molecule has 2 heteroatoms. The first-order valence-corrected chi connectivity index (χ1v) is 4.15. The Hall–Kier alpha value is -1.23. The van der Waals surface area contributed by atoms with Crippen LogP contribution in [0.4, 0.5) is 0 Å². The number of imidazole rings is 1. The predicted molar refractivity (Wildman–Crippen MR) is 49.6 cm³/mol. The molecule has 0 aliphatic heterocycles. The normalized spacial score (nSPS) is 10.6. The maximum absolute atomic E-state index is 3.99. The highest BCUT2D eigenvalue weighted by molar-refractivity contribution is 5.12. The second kappa shape index (κ2) is 3.44. The van der Waals surface area contributed by atoms with E-state index in [1.807, 2.05) is 10.8 Å². The van der Waals surface area contributed by atoms with Crippen molar-refractivity contribution in [3.8, 4) is 11.8 Å². The Morgan fingerprint density at radius 1 is 1.50 bits per heavy atom. The van der Waals surface area contributed by atoms with Crippen molar-refractivity contribution in [3.05, 3.63) is 18.7 Å². The molecule has 0 aliphatic carbocycles. The molecule has 1 heterocycles. The highest BCUT2D eigenvalue weighted by atomic mass is 15.1. The van der Waals surface area contributed by atoms with Gasteiger partial charge in [0.1, 0.15) is 5.54 Å². The lowest BCUT2D eigenvalue weighted by Gasteiger charge is -2.19. The molecule has 2 nitrogen and oxygen atoms in total. The average Bonchev–Trinajstić information content (AvgIpc) is 2.53. The number of aromatic nitrogens is 2. The minimum atomic E-state index is -0.132. The van der Waals surface area contributed by atoms with Crippen LogP contribution in [0.2, 0.25) is 0 Å². The van der Waals surface area contributed by atoms with Crippen molar-refractivity contribution in [2.45, 2.75) is 32.7 Å². The van der Waals surface area contributed by atoms with Crippen LogP contribution in [-0.4, -0.2) is 9.55 Å². The van der Waals surface area contributed by atoms with Gasteiger partial charge in [0.2, 0.25) is 0 Å². The lowest BCUT2D eigenvalue weighted by Crippen LogP contribution is -2.22. The molecule has 0 unspecified atom stereocenters. The van der Waals surface area contributed by atoms with E-state index in [1.165, 1.54) is 0 Å². The van der Waals surface area contributed by atoms with Gasteiger partial charge < -0.3 is 4.57 Å². The standard InChI is InChI=1S/C10H14N2/c1-4-5-6-10(2,3)12-8-7-11-9-12/h7-9H,4H2,1-3H3. The van der Waals surface area contributed by atoms with Gasteiger partial charge in [0, 0.05) is 18.8 Å². The topological polar surface area (TPSA) is 17.8 Å². The van der Waals surface area contributed by atoms with Crippen molar-refractivity contribution in [1.82, 2.24) is 9.55 Å². The predicted octanol–water partition coefficient (Wildman–Crippen LogP) is 2.03. The first kappa shape index (κ1) is 8.86. The summed E-state index contributed by atoms with van der Waals surface area (Å²) in [5.74, 6) is 6.26. The van der Waals surface area contributed by atoms with Gasteiger partial charge in [-0.15, -0.1) is 5.92 Å². The van der Waals surface area contributed by atoms with Gasteiger partial charge in [-0.05, 0) is 13.8 Å². The third kappa shape index (κ3) is 1.88. The Labute approximate surface area is 73.6 Å². The molecular weight excluding hydrogens is 148 g/mol. The molecule has 1 aromatic rings. The van der Waals surface area contributed by atoms with E-state index in [9.17, 15) is 0 Å². The van der Waals surface area contributed by atoms with E-state index in [4.69, 9.17) is 0 Å². The van der Waals surface area contributed by atoms with Gasteiger partial charge in [-0.2, -0.15) is 0 Å². The minimum absolute atomic E-state index is 0.132. The fourth-order valence-corrected chi connectivity index (χ4v) is 0.959. The smallest absolute Gasteiger partial charge is 0.101 e. The molecule has 0 fully saturated rings. The first-order valence-electron chi connectivity index (χ1n) is 4.15. The molecule has 0 aromatic carbocycles. The highest BCUT2D eigenvalue weighted by Crippen LogP contribution is 2.12. The molecule has 0 amide bonds. The average molecular weight is 162 g/mol. The van der Waals surface area contributed by atoms with Gasteiger partial charge in [0.25, 0.3) is 0 Å². The molecule has 1 aromatic heterocycles. The van der Waals surface area contributed by atoms with Gasteiger partial charge in [0.15, 0.2) is 0 Å². The molecule has 0 aliphatic rings. The zero-order valence-electron chi connectivity index (χ0n) is 7.83. The quantitative estimate of drug-likeness (QED) is 0.578. The van der Waals surface area contributed by atoms with Crippen molar-refractivity contribution in [2.24, 2.45) is 0 Å². The minimum Gasteiger partial charge on any atom is -0.321 e. The van der Waals surface area contributed by atoms with E-state index in [0.29, 0.717) is 0 Å². The summed E-state index contributed by atoms with van der Waals surface area (Å²) in [4.78, 5) is 3.99. The van der Waals surface area contributed by atoms with Crippen molar-refractivity contribution in [1.29, 1.82) is 0 Å². The summed E-state index contributed by atoms with van der Waals surface area (Å²) >= 11 is 0. The molecule has 12 heavy (non-hydrogen) atoms. The molecule has 0 radical (unpaired) electrons. The zero-order chi connectivity index (χ0) is 9.03.